The van der Waals surface area contributed by atoms with Crippen LogP contribution in [0.4, 0.5) is 5.69 Å². The molecular formula is C14H12INO3S. The molecule has 6 heteroatoms. The van der Waals surface area contributed by atoms with E-state index >= 15 is 0 Å². The third-order valence-corrected chi connectivity index (χ3v) is 4.43. The Balaban J connectivity index is 2.16. The summed E-state index contributed by atoms with van der Waals surface area (Å²) in [6.45, 7) is 0. The molecule has 20 heavy (non-hydrogen) atoms. The van der Waals surface area contributed by atoms with Gasteiger partial charge in [-0.3, -0.25) is 4.79 Å². The quantitative estimate of drug-likeness (QED) is 0.805. The number of carbonyl (C=O) groups is 1. The van der Waals surface area contributed by atoms with Gasteiger partial charge in [-0.25, -0.2) is 8.42 Å². The number of sulfone groups is 1. The van der Waals surface area contributed by atoms with Crippen molar-refractivity contribution in [1.29, 1.82) is 0 Å². The van der Waals surface area contributed by atoms with E-state index in [4.69, 9.17) is 0 Å². The number of rotatable bonds is 3. The number of halogens is 1. The molecule has 0 bridgehead atoms. The van der Waals surface area contributed by atoms with Gasteiger partial charge in [-0.1, -0.05) is 6.07 Å². The first-order valence-corrected chi connectivity index (χ1v) is 8.70. The third kappa shape index (κ3) is 3.80. The van der Waals surface area contributed by atoms with E-state index in [1.807, 2.05) is 12.1 Å². The smallest absolute Gasteiger partial charge is 0.255 e. The highest BCUT2D eigenvalue weighted by Gasteiger charge is 2.09. The molecule has 0 aliphatic rings. The number of nitrogens with one attached hydrogen (secondary N) is 1. The summed E-state index contributed by atoms with van der Waals surface area (Å²) in [5.74, 6) is -0.226. The van der Waals surface area contributed by atoms with Gasteiger partial charge in [0.1, 0.15) is 0 Å². The maximum atomic E-state index is 12.0. The first-order valence-electron chi connectivity index (χ1n) is 5.73. The van der Waals surface area contributed by atoms with Gasteiger partial charge in [0.25, 0.3) is 5.91 Å². The lowest BCUT2D eigenvalue weighted by Gasteiger charge is -2.06. The molecule has 0 radical (unpaired) electrons. The van der Waals surface area contributed by atoms with Crippen molar-refractivity contribution in [3.05, 3.63) is 57.7 Å². The highest BCUT2D eigenvalue weighted by molar-refractivity contribution is 14.1. The topological polar surface area (TPSA) is 63.2 Å². The molecule has 0 atom stereocenters. The molecule has 2 rings (SSSR count). The third-order valence-electron chi connectivity index (χ3n) is 2.63. The van der Waals surface area contributed by atoms with Gasteiger partial charge in [-0.05, 0) is 65.1 Å². The predicted octanol–water partition coefficient (Wildman–Crippen LogP) is 2.95. The minimum Gasteiger partial charge on any atom is -0.322 e. The van der Waals surface area contributed by atoms with Crippen LogP contribution in [0.5, 0.6) is 0 Å². The van der Waals surface area contributed by atoms with Crippen molar-refractivity contribution in [3.63, 3.8) is 0 Å². The largest absolute Gasteiger partial charge is 0.322 e. The Hall–Kier alpha value is -1.41. The molecule has 0 spiro atoms. The second-order valence-electron chi connectivity index (χ2n) is 4.26. The second kappa shape index (κ2) is 5.92. The number of benzene rings is 2. The van der Waals surface area contributed by atoms with Crippen LogP contribution >= 0.6 is 22.6 Å². The number of carbonyl (C=O) groups excluding carboxylic acids is 1. The fourth-order valence-electron chi connectivity index (χ4n) is 1.62. The summed E-state index contributed by atoms with van der Waals surface area (Å²) in [5, 5.41) is 2.73. The standard InChI is InChI=1S/C14H12INO3S/c1-20(18,19)13-7-5-12(6-8-13)16-14(17)10-3-2-4-11(15)9-10/h2-9H,1H3,(H,16,17). The van der Waals surface area contributed by atoms with E-state index in [1.165, 1.54) is 12.1 Å². The molecule has 0 aliphatic carbocycles. The van der Waals surface area contributed by atoms with Gasteiger partial charge in [0, 0.05) is 21.1 Å². The average Bonchev–Trinajstić information content (AvgIpc) is 2.38. The lowest BCUT2D eigenvalue weighted by molar-refractivity contribution is 0.102. The molecule has 0 aromatic heterocycles. The maximum Gasteiger partial charge on any atom is 0.255 e. The number of amides is 1. The van der Waals surface area contributed by atoms with Crippen LogP contribution in [-0.2, 0) is 9.84 Å². The zero-order chi connectivity index (χ0) is 14.8. The van der Waals surface area contributed by atoms with Crippen LogP contribution < -0.4 is 5.32 Å². The van der Waals surface area contributed by atoms with Crippen molar-refractivity contribution in [1.82, 2.24) is 0 Å². The second-order valence-corrected chi connectivity index (χ2v) is 7.52. The Morgan fingerprint density at radius 2 is 1.75 bits per heavy atom. The molecule has 0 fully saturated rings. The van der Waals surface area contributed by atoms with Gasteiger partial charge >= 0.3 is 0 Å². The van der Waals surface area contributed by atoms with Gasteiger partial charge in [0.15, 0.2) is 9.84 Å². The summed E-state index contributed by atoms with van der Waals surface area (Å²) in [5.41, 5.74) is 1.12. The van der Waals surface area contributed by atoms with E-state index in [2.05, 4.69) is 27.9 Å². The van der Waals surface area contributed by atoms with Crippen molar-refractivity contribution in [2.75, 3.05) is 11.6 Å². The van der Waals surface area contributed by atoms with Crippen LogP contribution in [0.15, 0.2) is 53.4 Å². The lowest BCUT2D eigenvalue weighted by Crippen LogP contribution is -2.12. The zero-order valence-electron chi connectivity index (χ0n) is 10.6. The van der Waals surface area contributed by atoms with E-state index in [-0.39, 0.29) is 10.8 Å². The van der Waals surface area contributed by atoms with Crippen LogP contribution in [0, 0.1) is 3.57 Å². The Bertz CT molecular complexity index is 739. The Morgan fingerprint density at radius 1 is 1.10 bits per heavy atom. The summed E-state index contributed by atoms with van der Waals surface area (Å²) in [6, 6.07) is 13.3. The van der Waals surface area contributed by atoms with Crippen molar-refractivity contribution in [2.24, 2.45) is 0 Å². The molecule has 0 saturated carbocycles. The minimum absolute atomic E-state index is 0.226. The Morgan fingerprint density at radius 3 is 2.30 bits per heavy atom. The molecule has 1 N–H and O–H groups in total. The maximum absolute atomic E-state index is 12.0. The molecular weight excluding hydrogens is 389 g/mol. The lowest BCUT2D eigenvalue weighted by atomic mass is 10.2. The Kier molecular flexibility index (Phi) is 4.44. The number of anilines is 1. The fraction of sp³-hybridized carbons (Fsp3) is 0.0714. The fourth-order valence-corrected chi connectivity index (χ4v) is 2.79. The van der Waals surface area contributed by atoms with E-state index < -0.39 is 9.84 Å². The summed E-state index contributed by atoms with van der Waals surface area (Å²) < 4.78 is 23.6. The summed E-state index contributed by atoms with van der Waals surface area (Å²) >= 11 is 2.14. The van der Waals surface area contributed by atoms with Crippen molar-refractivity contribution >= 4 is 44.0 Å². The first kappa shape index (κ1) is 15.0. The van der Waals surface area contributed by atoms with Crippen molar-refractivity contribution in [3.8, 4) is 0 Å². The van der Waals surface area contributed by atoms with Crippen LogP contribution in [0.2, 0.25) is 0 Å². The summed E-state index contributed by atoms with van der Waals surface area (Å²) in [6.07, 6.45) is 1.15. The molecule has 0 unspecified atom stereocenters. The minimum atomic E-state index is -3.22. The van der Waals surface area contributed by atoms with E-state index in [1.54, 1.807) is 24.3 Å². The molecule has 2 aromatic rings. The van der Waals surface area contributed by atoms with Crippen LogP contribution in [0.25, 0.3) is 0 Å². The molecule has 4 nitrogen and oxygen atoms in total. The highest BCUT2D eigenvalue weighted by atomic mass is 127. The van der Waals surface area contributed by atoms with Crippen LogP contribution in [-0.4, -0.2) is 20.6 Å². The molecule has 2 aromatic carbocycles. The van der Waals surface area contributed by atoms with Gasteiger partial charge in [-0.15, -0.1) is 0 Å². The van der Waals surface area contributed by atoms with Crippen LogP contribution in [0.3, 0.4) is 0 Å². The number of hydrogen-bond donors (Lipinski definition) is 1. The Labute approximate surface area is 131 Å². The normalized spacial score (nSPS) is 11.1. The van der Waals surface area contributed by atoms with E-state index in [0.717, 1.165) is 9.83 Å². The first-order chi connectivity index (χ1) is 9.36. The molecule has 0 saturated heterocycles. The van der Waals surface area contributed by atoms with Crippen molar-refractivity contribution < 1.29 is 13.2 Å². The van der Waals surface area contributed by atoms with Gasteiger partial charge in [-0.2, -0.15) is 0 Å². The van der Waals surface area contributed by atoms with Gasteiger partial charge in [0.2, 0.25) is 0 Å². The van der Waals surface area contributed by atoms with Gasteiger partial charge < -0.3 is 5.32 Å². The summed E-state index contributed by atoms with van der Waals surface area (Å²) in [4.78, 5) is 12.2. The SMILES string of the molecule is CS(=O)(=O)c1ccc(NC(=O)c2cccc(I)c2)cc1. The average molecular weight is 401 g/mol. The molecule has 104 valence electrons. The molecule has 0 aliphatic heterocycles. The van der Waals surface area contributed by atoms with Crippen LogP contribution in [0.1, 0.15) is 10.4 Å². The van der Waals surface area contributed by atoms with E-state index in [9.17, 15) is 13.2 Å². The van der Waals surface area contributed by atoms with Crippen molar-refractivity contribution in [2.45, 2.75) is 4.90 Å². The van der Waals surface area contributed by atoms with Gasteiger partial charge in [0.05, 0.1) is 4.90 Å². The predicted molar refractivity (Wildman–Crippen MR) is 86.7 cm³/mol. The zero-order valence-corrected chi connectivity index (χ0v) is 13.6. The monoisotopic (exact) mass is 401 g/mol. The molecule has 1 amide bonds. The molecule has 0 heterocycles. The number of hydrogen-bond acceptors (Lipinski definition) is 3. The highest BCUT2D eigenvalue weighted by Crippen LogP contribution is 2.15. The van der Waals surface area contributed by atoms with E-state index in [0.29, 0.717) is 11.3 Å². The summed E-state index contributed by atoms with van der Waals surface area (Å²) in [7, 11) is -3.22.